The van der Waals surface area contributed by atoms with E-state index >= 15 is 0 Å². The first-order valence-corrected chi connectivity index (χ1v) is 11.6. The van der Waals surface area contributed by atoms with E-state index in [0.717, 1.165) is 22.7 Å². The fourth-order valence-electron chi connectivity index (χ4n) is 2.90. The number of nitrogens with one attached hydrogen (secondary N) is 2. The molecule has 3 rings (SSSR count). The van der Waals surface area contributed by atoms with E-state index in [1.54, 1.807) is 6.07 Å². The normalized spacial score (nSPS) is 12.2. The van der Waals surface area contributed by atoms with Gasteiger partial charge in [-0.05, 0) is 25.0 Å². The predicted molar refractivity (Wildman–Crippen MR) is 118 cm³/mol. The third-order valence-electron chi connectivity index (χ3n) is 4.49. The highest BCUT2D eigenvalue weighted by Gasteiger charge is 2.29. The molecule has 7 nitrogen and oxygen atoms in total. The number of amides is 2. The molecule has 3 aromatic rings. The van der Waals surface area contributed by atoms with E-state index in [0.29, 0.717) is 0 Å². The van der Waals surface area contributed by atoms with Crippen LogP contribution in [0.3, 0.4) is 0 Å². The number of hydrogen-bond donors (Lipinski definition) is 2. The molecular formula is C21H18F4N4O3S2. The Hall–Kier alpha value is -3.19. The van der Waals surface area contributed by atoms with Crippen LogP contribution in [0.1, 0.15) is 38.7 Å². The van der Waals surface area contributed by atoms with Gasteiger partial charge in [-0.1, -0.05) is 12.1 Å². The van der Waals surface area contributed by atoms with E-state index < -0.39 is 48.6 Å². The summed E-state index contributed by atoms with van der Waals surface area (Å²) in [6.45, 7) is -0.521. The fourth-order valence-corrected chi connectivity index (χ4v) is 4.39. The predicted octanol–water partition coefficient (Wildman–Crippen LogP) is 4.24. The second-order valence-electron chi connectivity index (χ2n) is 7.02. The van der Waals surface area contributed by atoms with Crippen LogP contribution in [0.15, 0.2) is 42.0 Å². The minimum absolute atomic E-state index is 0.0617. The maximum atomic E-state index is 13.9. The zero-order valence-corrected chi connectivity index (χ0v) is 19.0. The molecule has 0 aliphatic carbocycles. The molecule has 0 radical (unpaired) electrons. The third-order valence-corrected chi connectivity index (χ3v) is 6.31. The molecule has 1 atom stereocenters. The molecular weight excluding hydrogens is 496 g/mol. The van der Waals surface area contributed by atoms with Gasteiger partial charge in [-0.3, -0.25) is 14.4 Å². The van der Waals surface area contributed by atoms with Gasteiger partial charge in [0.2, 0.25) is 11.7 Å². The molecule has 180 valence electrons. The van der Waals surface area contributed by atoms with Gasteiger partial charge >= 0.3 is 6.18 Å². The van der Waals surface area contributed by atoms with Gasteiger partial charge < -0.3 is 10.6 Å². The van der Waals surface area contributed by atoms with E-state index in [4.69, 9.17) is 0 Å². The molecule has 0 saturated carbocycles. The summed E-state index contributed by atoms with van der Waals surface area (Å²) in [5.41, 5.74) is 0.228. The van der Waals surface area contributed by atoms with Crippen LogP contribution in [-0.2, 0) is 4.79 Å². The molecule has 2 aromatic heterocycles. The Morgan fingerprint density at radius 2 is 1.88 bits per heavy atom. The van der Waals surface area contributed by atoms with E-state index in [2.05, 4.69) is 20.6 Å². The number of ketones is 1. The molecule has 13 heteroatoms. The minimum Gasteiger partial charge on any atom is -0.344 e. The lowest BCUT2D eigenvalue weighted by molar-refractivity contribution is -0.135. The van der Waals surface area contributed by atoms with Crippen LogP contribution in [0.25, 0.3) is 10.6 Å². The molecule has 0 saturated heterocycles. The highest BCUT2D eigenvalue weighted by molar-refractivity contribution is 7.16. The van der Waals surface area contributed by atoms with Crippen LogP contribution in [0, 0.1) is 5.82 Å². The topological polar surface area (TPSA) is 101 Å². The number of aromatic nitrogens is 2. The van der Waals surface area contributed by atoms with E-state index in [9.17, 15) is 31.9 Å². The Morgan fingerprint density at radius 3 is 2.56 bits per heavy atom. The lowest BCUT2D eigenvalue weighted by Gasteiger charge is -2.17. The zero-order valence-electron chi connectivity index (χ0n) is 17.4. The minimum atomic E-state index is -4.39. The largest absolute Gasteiger partial charge is 0.389 e. The summed E-state index contributed by atoms with van der Waals surface area (Å²) in [5, 5.41) is 6.61. The summed E-state index contributed by atoms with van der Waals surface area (Å²) in [7, 11) is 0. The first kappa shape index (κ1) is 25.4. The Morgan fingerprint density at radius 1 is 1.12 bits per heavy atom. The summed E-state index contributed by atoms with van der Waals surface area (Å²) in [6, 6.07) is 4.71. The van der Waals surface area contributed by atoms with E-state index in [-0.39, 0.29) is 33.3 Å². The van der Waals surface area contributed by atoms with Gasteiger partial charge in [-0.2, -0.15) is 13.2 Å². The first-order valence-electron chi connectivity index (χ1n) is 9.93. The van der Waals surface area contributed by atoms with Crippen LogP contribution in [0.4, 0.5) is 17.6 Å². The molecule has 2 heterocycles. The number of Topliss-reactive ketones (excluding diaryl/α,β-unsaturated/α-hetero) is 1. The Kier molecular flexibility index (Phi) is 8.45. The van der Waals surface area contributed by atoms with Crippen molar-refractivity contribution in [2.75, 3.05) is 6.54 Å². The number of benzene rings is 1. The number of hydrogen-bond acceptors (Lipinski definition) is 7. The molecule has 0 spiro atoms. The molecule has 0 fully saturated rings. The van der Waals surface area contributed by atoms with Gasteiger partial charge in [0.05, 0.1) is 18.8 Å². The summed E-state index contributed by atoms with van der Waals surface area (Å²) in [4.78, 5) is 45.2. The van der Waals surface area contributed by atoms with Crippen LogP contribution in [-0.4, -0.2) is 46.3 Å². The summed E-state index contributed by atoms with van der Waals surface area (Å²) in [6.07, 6.45) is -3.47. The van der Waals surface area contributed by atoms with Crippen molar-refractivity contribution < 1.29 is 31.9 Å². The molecule has 1 aromatic carbocycles. The number of halogens is 4. The number of carbonyl (C=O) groups is 3. The fraction of sp³-hybridized carbons (Fsp3) is 0.286. The second kappa shape index (κ2) is 11.3. The Balaban J connectivity index is 1.58. The van der Waals surface area contributed by atoms with Crippen molar-refractivity contribution in [2.45, 2.75) is 31.5 Å². The third kappa shape index (κ3) is 7.15. The molecule has 0 aliphatic rings. The van der Waals surface area contributed by atoms with Gasteiger partial charge in [-0.25, -0.2) is 14.4 Å². The van der Waals surface area contributed by atoms with Crippen molar-refractivity contribution in [2.24, 2.45) is 0 Å². The summed E-state index contributed by atoms with van der Waals surface area (Å²) >= 11 is 1.93. The van der Waals surface area contributed by atoms with Gasteiger partial charge in [0.25, 0.3) is 5.91 Å². The van der Waals surface area contributed by atoms with Gasteiger partial charge in [0.1, 0.15) is 15.7 Å². The standard InChI is InChI=1S/C21H18F4N4O3S2/c22-13-5-2-1-4-12(13)19-28-10-15(34-19)18(32)27-11-16(30)29-14(6-3-7-21(23,24)25)17(31)20-26-8-9-33-20/h1-2,4-5,8-10,14H,3,6-7,11H2,(H,27,32)(H,29,30). The van der Waals surface area contributed by atoms with Crippen LogP contribution < -0.4 is 10.6 Å². The van der Waals surface area contributed by atoms with Gasteiger partial charge in [-0.15, -0.1) is 22.7 Å². The van der Waals surface area contributed by atoms with Gasteiger partial charge in [0, 0.05) is 23.6 Å². The van der Waals surface area contributed by atoms with Crippen molar-refractivity contribution in [1.29, 1.82) is 0 Å². The smallest absolute Gasteiger partial charge is 0.344 e. The van der Waals surface area contributed by atoms with E-state index in [1.807, 2.05) is 0 Å². The quantitative estimate of drug-likeness (QED) is 0.312. The monoisotopic (exact) mass is 514 g/mol. The maximum Gasteiger partial charge on any atom is 0.389 e. The Labute approximate surface area is 199 Å². The second-order valence-corrected chi connectivity index (χ2v) is 8.95. The number of thiazole rings is 2. The number of rotatable bonds is 10. The summed E-state index contributed by atoms with van der Waals surface area (Å²) < 4.78 is 51.4. The average Bonchev–Trinajstić information content (AvgIpc) is 3.48. The lowest BCUT2D eigenvalue weighted by Crippen LogP contribution is -2.45. The Bertz CT molecular complexity index is 1150. The van der Waals surface area contributed by atoms with Crippen LogP contribution >= 0.6 is 22.7 Å². The molecule has 0 bridgehead atoms. The summed E-state index contributed by atoms with van der Waals surface area (Å²) in [5.74, 6) is -2.50. The number of carbonyl (C=O) groups excluding carboxylic acids is 3. The highest BCUT2D eigenvalue weighted by Crippen LogP contribution is 2.27. The van der Waals surface area contributed by atoms with Crippen molar-refractivity contribution >= 4 is 40.3 Å². The van der Waals surface area contributed by atoms with Gasteiger partial charge in [0.15, 0.2) is 5.01 Å². The first-order chi connectivity index (χ1) is 16.1. The number of alkyl halides is 3. The molecule has 2 N–H and O–H groups in total. The average molecular weight is 515 g/mol. The maximum absolute atomic E-state index is 13.9. The molecule has 2 amide bonds. The molecule has 34 heavy (non-hydrogen) atoms. The van der Waals surface area contributed by atoms with Crippen molar-refractivity contribution in [3.8, 4) is 10.6 Å². The van der Waals surface area contributed by atoms with Crippen LogP contribution in [0.5, 0.6) is 0 Å². The molecule has 0 aliphatic heterocycles. The van der Waals surface area contributed by atoms with E-state index in [1.165, 1.54) is 36.0 Å². The van der Waals surface area contributed by atoms with Crippen molar-refractivity contribution in [3.05, 3.63) is 57.7 Å². The van der Waals surface area contributed by atoms with Crippen molar-refractivity contribution in [1.82, 2.24) is 20.6 Å². The SMILES string of the molecule is O=C(CNC(=O)c1cnc(-c2ccccc2F)s1)NC(CCCC(F)(F)F)C(=O)c1nccs1. The highest BCUT2D eigenvalue weighted by atomic mass is 32.1. The molecule has 1 unspecified atom stereocenters. The van der Waals surface area contributed by atoms with Crippen LogP contribution in [0.2, 0.25) is 0 Å². The lowest BCUT2D eigenvalue weighted by atomic mass is 10.1. The zero-order chi connectivity index (χ0) is 24.7. The number of nitrogens with zero attached hydrogens (tertiary/aromatic N) is 2. The van der Waals surface area contributed by atoms with Crippen molar-refractivity contribution in [3.63, 3.8) is 0 Å².